The molecule has 0 spiro atoms. The number of piperazine rings is 1. The largest absolute Gasteiger partial charge is 0.353 e. The Hall–Kier alpha value is -3.19. The Bertz CT molecular complexity index is 1060. The van der Waals surface area contributed by atoms with E-state index >= 15 is 0 Å². The van der Waals surface area contributed by atoms with E-state index in [2.05, 4.69) is 44.7 Å². The molecule has 1 atom stereocenters. The number of hydrogen-bond donors (Lipinski definition) is 2. The minimum Gasteiger partial charge on any atom is -0.353 e. The lowest BCUT2D eigenvalue weighted by Gasteiger charge is -2.35. The van der Waals surface area contributed by atoms with Crippen molar-refractivity contribution in [2.75, 3.05) is 20.1 Å². The first-order valence-corrected chi connectivity index (χ1v) is 10.2. The van der Waals surface area contributed by atoms with Gasteiger partial charge in [0.05, 0.1) is 24.7 Å². The molecule has 1 aromatic heterocycles. The smallest absolute Gasteiger partial charge is 0.237 e. The summed E-state index contributed by atoms with van der Waals surface area (Å²) in [5.41, 5.74) is 2.93. The molecule has 0 radical (unpaired) electrons. The maximum Gasteiger partial charge on any atom is 0.237 e. The maximum atomic E-state index is 12.9. The van der Waals surface area contributed by atoms with Gasteiger partial charge in [-0.3, -0.25) is 19.6 Å². The molecule has 2 N–H and O–H groups in total. The fraction of sp³-hybridized carbons (Fsp3) is 0.348. The van der Waals surface area contributed by atoms with Crippen molar-refractivity contribution in [3.63, 3.8) is 0 Å². The molecular weight excluding hydrogens is 378 g/mol. The summed E-state index contributed by atoms with van der Waals surface area (Å²) < 4.78 is 0. The van der Waals surface area contributed by atoms with Crippen molar-refractivity contribution >= 4 is 22.6 Å². The van der Waals surface area contributed by atoms with Gasteiger partial charge in [0.2, 0.25) is 11.8 Å². The molecule has 0 unspecified atom stereocenters. The van der Waals surface area contributed by atoms with Gasteiger partial charge in [-0.2, -0.15) is 5.10 Å². The number of nitrogens with zero attached hydrogens (tertiary/aromatic N) is 3. The van der Waals surface area contributed by atoms with E-state index in [1.165, 1.54) is 16.3 Å². The Kier molecular flexibility index (Phi) is 5.81. The van der Waals surface area contributed by atoms with Gasteiger partial charge in [-0.25, -0.2) is 0 Å². The van der Waals surface area contributed by atoms with Crippen LogP contribution in [0.2, 0.25) is 0 Å². The molecule has 1 aliphatic rings. The lowest BCUT2D eigenvalue weighted by atomic mass is 10.0. The van der Waals surface area contributed by atoms with Crippen LogP contribution in [0.15, 0.2) is 48.5 Å². The average Bonchev–Trinajstić information content (AvgIpc) is 3.15. The fourth-order valence-electron chi connectivity index (χ4n) is 4.03. The van der Waals surface area contributed by atoms with E-state index in [0.29, 0.717) is 19.6 Å². The van der Waals surface area contributed by atoms with Gasteiger partial charge < -0.3 is 10.2 Å². The number of hydrogen-bond acceptors (Lipinski definition) is 4. The molecule has 4 rings (SSSR count). The van der Waals surface area contributed by atoms with Crippen LogP contribution >= 0.6 is 0 Å². The number of carbonyl (C=O) groups excluding carboxylic acids is 2. The Balaban J connectivity index is 1.48. The molecule has 0 saturated carbocycles. The van der Waals surface area contributed by atoms with Crippen LogP contribution in [0.1, 0.15) is 23.4 Å². The number of aromatic nitrogens is 2. The summed E-state index contributed by atoms with van der Waals surface area (Å²) >= 11 is 0. The first-order chi connectivity index (χ1) is 14.5. The lowest BCUT2D eigenvalue weighted by Crippen LogP contribution is -2.56. The minimum atomic E-state index is -0.478. The highest BCUT2D eigenvalue weighted by atomic mass is 16.2. The number of fused-ring (bicyclic) bond motifs is 1. The second-order valence-electron chi connectivity index (χ2n) is 7.91. The van der Waals surface area contributed by atoms with Crippen LogP contribution in [0, 0.1) is 6.92 Å². The summed E-state index contributed by atoms with van der Waals surface area (Å²) in [6.07, 6.45) is 0.149. The molecule has 7 nitrogen and oxygen atoms in total. The van der Waals surface area contributed by atoms with Crippen molar-refractivity contribution in [1.29, 1.82) is 0 Å². The summed E-state index contributed by atoms with van der Waals surface area (Å²) in [6.45, 7) is 4.29. The van der Waals surface area contributed by atoms with Gasteiger partial charge in [-0.1, -0.05) is 42.5 Å². The van der Waals surface area contributed by atoms with Crippen LogP contribution in [0.5, 0.6) is 0 Å². The SMILES string of the molecule is Cc1cc(CN(C)C(=O)C[C@@H]2C(=O)NCCN2Cc2cccc3ccccc23)n[nH]1. The standard InChI is InChI=1S/C23H27N5O2/c1-16-12-19(26-25-16)15-27(2)22(29)13-21-23(30)24-10-11-28(21)14-18-8-5-7-17-6-3-4-9-20(17)18/h3-9,12,21H,10-11,13-15H2,1-2H3,(H,24,30)(H,25,26)/t21-/m1/s1. The maximum absolute atomic E-state index is 12.9. The third kappa shape index (κ3) is 4.36. The highest BCUT2D eigenvalue weighted by molar-refractivity contribution is 5.89. The van der Waals surface area contributed by atoms with Crippen molar-refractivity contribution in [2.45, 2.75) is 32.5 Å². The highest BCUT2D eigenvalue weighted by Gasteiger charge is 2.32. The monoisotopic (exact) mass is 405 g/mol. The highest BCUT2D eigenvalue weighted by Crippen LogP contribution is 2.22. The van der Waals surface area contributed by atoms with Gasteiger partial charge in [0, 0.05) is 32.4 Å². The predicted octanol–water partition coefficient (Wildman–Crippen LogP) is 2.22. The zero-order valence-corrected chi connectivity index (χ0v) is 17.4. The number of H-pyrrole nitrogens is 1. The molecule has 2 aromatic carbocycles. The van der Waals surface area contributed by atoms with Crippen molar-refractivity contribution in [3.05, 3.63) is 65.5 Å². The topological polar surface area (TPSA) is 81.3 Å². The third-order valence-electron chi connectivity index (χ3n) is 5.65. The van der Waals surface area contributed by atoms with E-state index in [4.69, 9.17) is 0 Å². The summed E-state index contributed by atoms with van der Waals surface area (Å²) in [5.74, 6) is -0.153. The van der Waals surface area contributed by atoms with E-state index in [1.807, 2.05) is 31.2 Å². The van der Waals surface area contributed by atoms with Crippen LogP contribution < -0.4 is 5.32 Å². The lowest BCUT2D eigenvalue weighted by molar-refractivity contribution is -0.138. The van der Waals surface area contributed by atoms with E-state index in [-0.39, 0.29) is 18.2 Å². The quantitative estimate of drug-likeness (QED) is 0.659. The van der Waals surface area contributed by atoms with Gasteiger partial charge >= 0.3 is 0 Å². The second-order valence-corrected chi connectivity index (χ2v) is 7.91. The number of aryl methyl sites for hydroxylation is 1. The first-order valence-electron chi connectivity index (χ1n) is 10.2. The van der Waals surface area contributed by atoms with Gasteiger partial charge in [-0.15, -0.1) is 0 Å². The van der Waals surface area contributed by atoms with Crippen molar-refractivity contribution in [1.82, 2.24) is 25.3 Å². The molecule has 30 heavy (non-hydrogen) atoms. The van der Waals surface area contributed by atoms with E-state index in [9.17, 15) is 9.59 Å². The van der Waals surface area contributed by atoms with E-state index in [1.54, 1.807) is 11.9 Å². The number of aromatic amines is 1. The summed E-state index contributed by atoms with van der Waals surface area (Å²) in [6, 6.07) is 15.9. The van der Waals surface area contributed by atoms with Crippen molar-refractivity contribution in [3.8, 4) is 0 Å². The zero-order chi connectivity index (χ0) is 21.1. The Labute approximate surface area is 176 Å². The van der Waals surface area contributed by atoms with Crippen LogP contribution in [-0.2, 0) is 22.7 Å². The van der Waals surface area contributed by atoms with Crippen LogP contribution in [0.3, 0.4) is 0 Å². The minimum absolute atomic E-state index is 0.0689. The van der Waals surface area contributed by atoms with Gasteiger partial charge in [0.25, 0.3) is 0 Å². The van der Waals surface area contributed by atoms with Gasteiger partial charge in [0.15, 0.2) is 0 Å². The van der Waals surface area contributed by atoms with Crippen molar-refractivity contribution in [2.24, 2.45) is 0 Å². The van der Waals surface area contributed by atoms with E-state index in [0.717, 1.165) is 17.9 Å². The molecule has 2 amide bonds. The fourth-order valence-corrected chi connectivity index (χ4v) is 4.03. The molecule has 0 bridgehead atoms. The second kappa shape index (κ2) is 8.67. The zero-order valence-electron chi connectivity index (χ0n) is 17.4. The third-order valence-corrected chi connectivity index (χ3v) is 5.65. The molecule has 7 heteroatoms. The average molecular weight is 406 g/mol. The molecule has 1 aliphatic heterocycles. The normalized spacial score (nSPS) is 17.1. The first kappa shape index (κ1) is 20.1. The van der Waals surface area contributed by atoms with Gasteiger partial charge in [-0.05, 0) is 29.3 Å². The Morgan fingerprint density at radius 2 is 2.03 bits per heavy atom. The molecular formula is C23H27N5O2. The summed E-state index contributed by atoms with van der Waals surface area (Å²) in [5, 5.41) is 12.4. The van der Waals surface area contributed by atoms with Crippen LogP contribution in [0.4, 0.5) is 0 Å². The molecule has 0 aliphatic carbocycles. The number of nitrogens with one attached hydrogen (secondary N) is 2. The summed E-state index contributed by atoms with van der Waals surface area (Å²) in [7, 11) is 1.75. The number of benzene rings is 2. The molecule has 1 saturated heterocycles. The predicted molar refractivity (Wildman–Crippen MR) is 116 cm³/mol. The van der Waals surface area contributed by atoms with E-state index < -0.39 is 6.04 Å². The van der Waals surface area contributed by atoms with Crippen LogP contribution in [-0.4, -0.2) is 58.0 Å². The molecule has 2 heterocycles. The molecule has 1 fully saturated rings. The molecule has 3 aromatic rings. The number of carbonyl (C=O) groups is 2. The van der Waals surface area contributed by atoms with Crippen LogP contribution in [0.25, 0.3) is 10.8 Å². The Morgan fingerprint density at radius 3 is 2.83 bits per heavy atom. The van der Waals surface area contributed by atoms with Crippen molar-refractivity contribution < 1.29 is 9.59 Å². The van der Waals surface area contributed by atoms with Gasteiger partial charge in [0.1, 0.15) is 0 Å². The number of rotatable bonds is 6. The Morgan fingerprint density at radius 1 is 1.23 bits per heavy atom. The summed E-state index contributed by atoms with van der Waals surface area (Å²) in [4.78, 5) is 29.2. The number of amides is 2. The molecule has 156 valence electrons.